The van der Waals surface area contributed by atoms with E-state index in [0.29, 0.717) is 6.04 Å². The van der Waals surface area contributed by atoms with Crippen LogP contribution in [0.2, 0.25) is 0 Å². The monoisotopic (exact) mass is 308 g/mol. The van der Waals surface area contributed by atoms with E-state index in [0.717, 1.165) is 31.6 Å². The Hall–Kier alpha value is 0.220. The van der Waals surface area contributed by atoms with Crippen LogP contribution in [0.5, 0.6) is 0 Å². The number of hydrogen-bond acceptors (Lipinski definition) is 4. The first-order chi connectivity index (χ1) is 9.01. The molecule has 0 bridgehead atoms. The summed E-state index contributed by atoms with van der Waals surface area (Å²) in [6, 6.07) is 0.843. The second-order valence-corrected chi connectivity index (χ2v) is 8.34. The molecule has 1 saturated carbocycles. The lowest BCUT2D eigenvalue weighted by molar-refractivity contribution is 0.384. The summed E-state index contributed by atoms with van der Waals surface area (Å²) in [5, 5.41) is 3.41. The second-order valence-electron chi connectivity index (χ2n) is 5.29. The summed E-state index contributed by atoms with van der Waals surface area (Å²) in [4.78, 5) is 0. The Labute approximate surface area is 122 Å². The Morgan fingerprint density at radius 1 is 1.37 bits per heavy atom. The van der Waals surface area contributed by atoms with E-state index in [1.165, 1.54) is 12.8 Å². The molecule has 0 aromatic rings. The summed E-state index contributed by atoms with van der Waals surface area (Å²) >= 11 is 1.70. The molecule has 0 radical (unpaired) electrons. The van der Waals surface area contributed by atoms with E-state index in [9.17, 15) is 8.42 Å². The van der Waals surface area contributed by atoms with E-state index < -0.39 is 10.0 Å². The highest BCUT2D eigenvalue weighted by Crippen LogP contribution is 2.18. The minimum Gasteiger partial charge on any atom is -0.314 e. The lowest BCUT2D eigenvalue weighted by Crippen LogP contribution is -2.39. The van der Waals surface area contributed by atoms with Gasteiger partial charge in [-0.3, -0.25) is 0 Å². The predicted molar refractivity (Wildman–Crippen MR) is 84.3 cm³/mol. The van der Waals surface area contributed by atoms with Gasteiger partial charge in [0, 0.05) is 24.9 Å². The van der Waals surface area contributed by atoms with E-state index in [4.69, 9.17) is 0 Å². The molecule has 1 aliphatic carbocycles. The fourth-order valence-electron chi connectivity index (χ4n) is 2.05. The van der Waals surface area contributed by atoms with Gasteiger partial charge in [-0.15, -0.1) is 0 Å². The minimum absolute atomic E-state index is 0.129. The zero-order valence-corrected chi connectivity index (χ0v) is 14.0. The molecule has 1 aliphatic rings. The fraction of sp³-hybridized carbons (Fsp3) is 1.00. The molecular weight excluding hydrogens is 280 g/mol. The zero-order chi connectivity index (χ0) is 14.3. The van der Waals surface area contributed by atoms with E-state index >= 15 is 0 Å². The van der Waals surface area contributed by atoms with Crippen molar-refractivity contribution in [1.29, 1.82) is 0 Å². The van der Waals surface area contributed by atoms with Gasteiger partial charge in [-0.25, -0.2) is 12.7 Å². The highest BCUT2D eigenvalue weighted by atomic mass is 32.2. The topological polar surface area (TPSA) is 49.4 Å². The maximum Gasteiger partial charge on any atom is 0.214 e. The Kier molecular flexibility index (Phi) is 7.72. The molecule has 0 amide bonds. The molecule has 1 N–H and O–H groups in total. The molecule has 0 aromatic heterocycles. The number of nitrogens with one attached hydrogen (secondary N) is 1. The second kappa shape index (κ2) is 8.49. The molecule has 114 valence electrons. The molecule has 1 unspecified atom stereocenters. The van der Waals surface area contributed by atoms with Gasteiger partial charge >= 0.3 is 0 Å². The number of sulfonamides is 1. The van der Waals surface area contributed by atoms with Gasteiger partial charge in [-0.2, -0.15) is 11.8 Å². The van der Waals surface area contributed by atoms with E-state index in [-0.39, 0.29) is 11.8 Å². The summed E-state index contributed by atoms with van der Waals surface area (Å²) in [5.41, 5.74) is 0. The van der Waals surface area contributed by atoms with Gasteiger partial charge in [-0.05, 0) is 44.9 Å². The zero-order valence-electron chi connectivity index (χ0n) is 12.4. The van der Waals surface area contributed by atoms with Crippen LogP contribution in [0.4, 0.5) is 0 Å². The van der Waals surface area contributed by atoms with Crippen LogP contribution in [0.3, 0.4) is 0 Å². The molecule has 1 rings (SSSR count). The van der Waals surface area contributed by atoms with Gasteiger partial charge in [0.1, 0.15) is 0 Å². The van der Waals surface area contributed by atoms with Gasteiger partial charge in [0.05, 0.1) is 5.75 Å². The Bertz CT molecular complexity index is 343. The number of hydrogen-bond donors (Lipinski definition) is 1. The van der Waals surface area contributed by atoms with Gasteiger partial charge in [-0.1, -0.05) is 6.92 Å². The van der Waals surface area contributed by atoms with Crippen LogP contribution in [0, 0.1) is 0 Å². The SMILES string of the molecule is CCC(CSC)N(C)S(=O)(=O)CCCCNC1CC1. The van der Waals surface area contributed by atoms with Crippen LogP contribution in [0.25, 0.3) is 0 Å². The molecule has 0 heterocycles. The fourth-order valence-corrected chi connectivity index (χ4v) is 4.52. The molecule has 0 spiro atoms. The molecule has 19 heavy (non-hydrogen) atoms. The molecule has 6 heteroatoms. The van der Waals surface area contributed by atoms with Crippen LogP contribution in [0.15, 0.2) is 0 Å². The van der Waals surface area contributed by atoms with Crippen molar-refractivity contribution in [3.63, 3.8) is 0 Å². The first-order valence-corrected chi connectivity index (χ1v) is 10.2. The van der Waals surface area contributed by atoms with Crippen molar-refractivity contribution in [2.24, 2.45) is 0 Å². The highest BCUT2D eigenvalue weighted by Gasteiger charge is 2.24. The summed E-state index contributed by atoms with van der Waals surface area (Å²) in [7, 11) is -1.36. The molecule has 0 aromatic carbocycles. The largest absolute Gasteiger partial charge is 0.314 e. The van der Waals surface area contributed by atoms with Crippen LogP contribution in [0.1, 0.15) is 39.0 Å². The van der Waals surface area contributed by atoms with E-state index in [2.05, 4.69) is 5.32 Å². The third-order valence-electron chi connectivity index (χ3n) is 3.62. The summed E-state index contributed by atoms with van der Waals surface area (Å²) in [6.07, 6.45) is 7.17. The summed E-state index contributed by atoms with van der Waals surface area (Å²) in [5.74, 6) is 1.15. The van der Waals surface area contributed by atoms with Crippen LogP contribution in [-0.4, -0.2) is 56.2 Å². The van der Waals surface area contributed by atoms with Gasteiger partial charge < -0.3 is 5.32 Å². The number of nitrogens with zero attached hydrogens (tertiary/aromatic N) is 1. The van der Waals surface area contributed by atoms with Crippen LogP contribution in [-0.2, 0) is 10.0 Å². The van der Waals surface area contributed by atoms with Crippen LogP contribution < -0.4 is 5.32 Å². The van der Waals surface area contributed by atoms with Crippen molar-refractivity contribution in [3.05, 3.63) is 0 Å². The Morgan fingerprint density at radius 2 is 2.05 bits per heavy atom. The van der Waals surface area contributed by atoms with Crippen molar-refractivity contribution in [1.82, 2.24) is 9.62 Å². The highest BCUT2D eigenvalue weighted by molar-refractivity contribution is 7.98. The van der Waals surface area contributed by atoms with Crippen molar-refractivity contribution >= 4 is 21.8 Å². The van der Waals surface area contributed by atoms with Gasteiger partial charge in [0.25, 0.3) is 0 Å². The summed E-state index contributed by atoms with van der Waals surface area (Å²) in [6.45, 7) is 3.00. The smallest absolute Gasteiger partial charge is 0.214 e. The molecule has 1 fully saturated rings. The van der Waals surface area contributed by atoms with Crippen LogP contribution >= 0.6 is 11.8 Å². The molecule has 4 nitrogen and oxygen atoms in total. The Balaban J connectivity index is 2.27. The van der Waals surface area contributed by atoms with Crippen molar-refractivity contribution in [2.75, 3.05) is 31.4 Å². The average molecular weight is 309 g/mol. The number of rotatable bonds is 11. The van der Waals surface area contributed by atoms with E-state index in [1.807, 2.05) is 13.2 Å². The normalized spacial score (nSPS) is 17.9. The van der Waals surface area contributed by atoms with Crippen molar-refractivity contribution in [3.8, 4) is 0 Å². The standard InChI is InChI=1S/C13H28N2O2S2/c1-4-13(11-18-3)15(2)19(16,17)10-6-5-9-14-12-7-8-12/h12-14H,4-11H2,1-3H3. The molecule has 0 aliphatic heterocycles. The third kappa shape index (κ3) is 6.47. The van der Waals surface area contributed by atoms with E-state index in [1.54, 1.807) is 23.1 Å². The maximum atomic E-state index is 12.2. The maximum absolute atomic E-state index is 12.2. The lowest BCUT2D eigenvalue weighted by Gasteiger charge is -2.26. The summed E-state index contributed by atoms with van der Waals surface area (Å²) < 4.78 is 26.0. The Morgan fingerprint density at radius 3 is 2.58 bits per heavy atom. The molecular formula is C13H28N2O2S2. The average Bonchev–Trinajstić information content (AvgIpc) is 3.18. The lowest BCUT2D eigenvalue weighted by atomic mass is 10.3. The van der Waals surface area contributed by atoms with Crippen molar-refractivity contribution in [2.45, 2.75) is 51.1 Å². The quantitative estimate of drug-likeness (QED) is 0.593. The molecule has 0 saturated heterocycles. The first-order valence-electron chi connectivity index (χ1n) is 7.19. The predicted octanol–water partition coefficient (Wildman–Crippen LogP) is 1.92. The third-order valence-corrected chi connectivity index (χ3v) is 6.32. The van der Waals surface area contributed by atoms with Crippen molar-refractivity contribution < 1.29 is 8.42 Å². The number of thioether (sulfide) groups is 1. The first kappa shape index (κ1) is 17.3. The number of unbranched alkanes of at least 4 members (excludes halogenated alkanes) is 1. The minimum atomic E-state index is -3.09. The molecule has 1 atom stereocenters. The van der Waals surface area contributed by atoms with Gasteiger partial charge in [0.15, 0.2) is 0 Å². The van der Waals surface area contributed by atoms with Gasteiger partial charge in [0.2, 0.25) is 10.0 Å².